The van der Waals surface area contributed by atoms with Gasteiger partial charge in [0.2, 0.25) is 5.91 Å². The normalized spacial score (nSPS) is 14.2. The summed E-state index contributed by atoms with van der Waals surface area (Å²) in [5, 5.41) is 9.49. The molecule has 2 aromatic heterocycles. The second-order valence-corrected chi connectivity index (χ2v) is 6.31. The molecule has 0 radical (unpaired) electrons. The lowest BCUT2D eigenvalue weighted by Gasteiger charge is -2.27. The summed E-state index contributed by atoms with van der Waals surface area (Å²) in [4.78, 5) is 15.6. The first kappa shape index (κ1) is 14.3. The Morgan fingerprint density at radius 2 is 2.38 bits per heavy atom. The Bertz CT molecular complexity index is 619. The van der Waals surface area contributed by atoms with E-state index in [0.29, 0.717) is 6.54 Å². The Hall–Kier alpha value is -1.66. The molecule has 3 heterocycles. The molecule has 6 heteroatoms. The summed E-state index contributed by atoms with van der Waals surface area (Å²) >= 11 is 1.80. The maximum atomic E-state index is 12.2. The van der Waals surface area contributed by atoms with E-state index < -0.39 is 0 Å². The zero-order valence-electron chi connectivity index (χ0n) is 12.2. The molecule has 0 bridgehead atoms. The van der Waals surface area contributed by atoms with Crippen molar-refractivity contribution in [2.24, 2.45) is 7.05 Å². The molecule has 0 aliphatic carbocycles. The largest absolute Gasteiger partial charge is 0.337 e. The number of nitrogens with one attached hydrogen (secondary N) is 1. The van der Waals surface area contributed by atoms with E-state index in [-0.39, 0.29) is 5.91 Å². The third-order valence-electron chi connectivity index (χ3n) is 3.92. The van der Waals surface area contributed by atoms with Crippen molar-refractivity contribution >= 4 is 17.2 Å². The van der Waals surface area contributed by atoms with Gasteiger partial charge in [0.05, 0.1) is 6.54 Å². The number of carbonyl (C=O) groups excluding carboxylic acids is 1. The van der Waals surface area contributed by atoms with Crippen molar-refractivity contribution < 1.29 is 4.79 Å². The Labute approximate surface area is 128 Å². The van der Waals surface area contributed by atoms with Crippen LogP contribution in [-0.2, 0) is 31.2 Å². The molecule has 1 amide bonds. The summed E-state index contributed by atoms with van der Waals surface area (Å²) in [5.74, 6) is 0.192. The fraction of sp³-hybridized carbons (Fsp3) is 0.467. The van der Waals surface area contributed by atoms with Crippen molar-refractivity contribution in [1.29, 1.82) is 0 Å². The minimum Gasteiger partial charge on any atom is -0.337 e. The van der Waals surface area contributed by atoms with Crippen LogP contribution in [0.3, 0.4) is 0 Å². The number of fused-ring (bicyclic) bond motifs is 1. The molecule has 0 saturated heterocycles. The van der Waals surface area contributed by atoms with E-state index >= 15 is 0 Å². The van der Waals surface area contributed by atoms with Gasteiger partial charge in [-0.1, -0.05) is 0 Å². The Kier molecular flexibility index (Phi) is 4.36. The van der Waals surface area contributed by atoms with Gasteiger partial charge in [0.1, 0.15) is 0 Å². The number of rotatable bonds is 5. The molecule has 3 rings (SSSR count). The quantitative estimate of drug-likeness (QED) is 0.845. The Morgan fingerprint density at radius 1 is 1.48 bits per heavy atom. The predicted molar refractivity (Wildman–Crippen MR) is 83.2 cm³/mol. The van der Waals surface area contributed by atoms with Crippen LogP contribution >= 0.6 is 11.3 Å². The van der Waals surface area contributed by atoms with Crippen LogP contribution in [0.2, 0.25) is 0 Å². The summed E-state index contributed by atoms with van der Waals surface area (Å²) in [6.07, 6.45) is 3.68. The number of aryl methyl sites for hydroxylation is 1. The number of hydrogen-bond acceptors (Lipinski definition) is 4. The van der Waals surface area contributed by atoms with Gasteiger partial charge in [0.25, 0.3) is 0 Å². The second kappa shape index (κ2) is 6.41. The Morgan fingerprint density at radius 3 is 3.19 bits per heavy atom. The van der Waals surface area contributed by atoms with Gasteiger partial charge < -0.3 is 10.2 Å². The number of aromatic nitrogens is 2. The van der Waals surface area contributed by atoms with E-state index in [1.807, 2.05) is 22.7 Å². The number of nitrogens with zero attached hydrogens (tertiary/aromatic N) is 3. The minimum atomic E-state index is 0.192. The molecule has 0 unspecified atom stereocenters. The third-order valence-corrected chi connectivity index (χ3v) is 4.94. The van der Waals surface area contributed by atoms with Gasteiger partial charge in [0, 0.05) is 49.9 Å². The minimum absolute atomic E-state index is 0.192. The first-order valence-corrected chi connectivity index (χ1v) is 8.12. The number of hydrogen-bond donors (Lipinski definition) is 1. The lowest BCUT2D eigenvalue weighted by Crippen LogP contribution is -2.41. The molecule has 1 aliphatic heterocycles. The van der Waals surface area contributed by atoms with Crippen molar-refractivity contribution in [1.82, 2.24) is 20.0 Å². The lowest BCUT2D eigenvalue weighted by molar-refractivity contribution is -0.131. The molecule has 1 aliphatic rings. The van der Waals surface area contributed by atoms with Gasteiger partial charge in [0.15, 0.2) is 0 Å². The average Bonchev–Trinajstić information content (AvgIpc) is 3.11. The van der Waals surface area contributed by atoms with Crippen molar-refractivity contribution in [2.75, 3.05) is 19.6 Å². The highest BCUT2D eigenvalue weighted by atomic mass is 32.1. The molecular formula is C15H20N4OS. The summed E-state index contributed by atoms with van der Waals surface area (Å²) < 4.78 is 1.87. The van der Waals surface area contributed by atoms with E-state index in [1.165, 1.54) is 16.1 Å². The van der Waals surface area contributed by atoms with E-state index in [9.17, 15) is 4.79 Å². The van der Waals surface area contributed by atoms with Gasteiger partial charge in [-0.3, -0.25) is 9.48 Å². The van der Waals surface area contributed by atoms with Crippen LogP contribution < -0.4 is 5.32 Å². The van der Waals surface area contributed by atoms with Gasteiger partial charge >= 0.3 is 0 Å². The van der Waals surface area contributed by atoms with E-state index in [4.69, 9.17) is 0 Å². The van der Waals surface area contributed by atoms with E-state index in [0.717, 1.165) is 32.5 Å². The van der Waals surface area contributed by atoms with Crippen molar-refractivity contribution in [2.45, 2.75) is 19.4 Å². The van der Waals surface area contributed by atoms with Crippen molar-refractivity contribution in [3.05, 3.63) is 39.8 Å². The molecule has 21 heavy (non-hydrogen) atoms. The van der Waals surface area contributed by atoms with E-state index in [1.54, 1.807) is 17.5 Å². The highest BCUT2D eigenvalue weighted by Crippen LogP contribution is 2.23. The molecule has 0 atom stereocenters. The van der Waals surface area contributed by atoms with Gasteiger partial charge in [-0.05, 0) is 29.5 Å². The SMILES string of the molecule is Cn1nccc1CCNCC(=O)N1CCc2sccc2C1. The maximum Gasteiger partial charge on any atom is 0.236 e. The molecule has 0 aromatic carbocycles. The number of amides is 1. The molecule has 112 valence electrons. The molecule has 1 N–H and O–H groups in total. The van der Waals surface area contributed by atoms with Crippen LogP contribution in [0, 0.1) is 0 Å². The van der Waals surface area contributed by atoms with Gasteiger partial charge in [-0.2, -0.15) is 5.10 Å². The van der Waals surface area contributed by atoms with Gasteiger partial charge in [-0.25, -0.2) is 0 Å². The summed E-state index contributed by atoms with van der Waals surface area (Å²) in [6.45, 7) is 2.82. The monoisotopic (exact) mass is 304 g/mol. The first-order valence-electron chi connectivity index (χ1n) is 7.24. The third kappa shape index (κ3) is 3.33. The van der Waals surface area contributed by atoms with E-state index in [2.05, 4.69) is 21.9 Å². The summed E-state index contributed by atoms with van der Waals surface area (Å²) in [6, 6.07) is 4.14. The fourth-order valence-electron chi connectivity index (χ4n) is 2.63. The number of thiophene rings is 1. The van der Waals surface area contributed by atoms with Crippen molar-refractivity contribution in [3.63, 3.8) is 0 Å². The highest BCUT2D eigenvalue weighted by Gasteiger charge is 2.20. The standard InChI is InChI=1S/C15H20N4OS/c1-18-13(3-7-17-18)2-6-16-10-15(20)19-8-4-14-12(11-19)5-9-21-14/h3,5,7,9,16H,2,4,6,8,10-11H2,1H3. The average molecular weight is 304 g/mol. The first-order chi connectivity index (χ1) is 10.2. The number of carbonyl (C=O) groups is 1. The topological polar surface area (TPSA) is 50.2 Å². The zero-order chi connectivity index (χ0) is 14.7. The van der Waals surface area contributed by atoms with Crippen LogP contribution in [-0.4, -0.2) is 40.2 Å². The zero-order valence-corrected chi connectivity index (χ0v) is 13.0. The van der Waals surface area contributed by atoms with Crippen LogP contribution in [0.25, 0.3) is 0 Å². The molecule has 2 aromatic rings. The smallest absolute Gasteiger partial charge is 0.236 e. The van der Waals surface area contributed by atoms with Crippen LogP contribution in [0.1, 0.15) is 16.1 Å². The summed E-state index contributed by atoms with van der Waals surface area (Å²) in [5.41, 5.74) is 2.49. The van der Waals surface area contributed by atoms with Crippen LogP contribution in [0.4, 0.5) is 0 Å². The van der Waals surface area contributed by atoms with Crippen LogP contribution in [0.15, 0.2) is 23.7 Å². The Balaban J connectivity index is 1.42. The second-order valence-electron chi connectivity index (χ2n) is 5.31. The van der Waals surface area contributed by atoms with Crippen LogP contribution in [0.5, 0.6) is 0 Å². The molecule has 5 nitrogen and oxygen atoms in total. The molecular weight excluding hydrogens is 284 g/mol. The molecule has 0 spiro atoms. The molecule has 0 fully saturated rings. The highest BCUT2D eigenvalue weighted by molar-refractivity contribution is 7.10. The lowest BCUT2D eigenvalue weighted by atomic mass is 10.1. The van der Waals surface area contributed by atoms with Gasteiger partial charge in [-0.15, -0.1) is 11.3 Å². The maximum absolute atomic E-state index is 12.2. The van der Waals surface area contributed by atoms with Crippen molar-refractivity contribution in [3.8, 4) is 0 Å². The summed E-state index contributed by atoms with van der Waals surface area (Å²) in [7, 11) is 1.94. The fourth-order valence-corrected chi connectivity index (χ4v) is 3.52. The molecule has 0 saturated carbocycles. The predicted octanol–water partition coefficient (Wildman–Crippen LogP) is 1.20.